The Morgan fingerprint density at radius 3 is 2.82 bits per heavy atom. The van der Waals surface area contributed by atoms with Crippen molar-refractivity contribution < 1.29 is 17.5 Å². The van der Waals surface area contributed by atoms with Crippen LogP contribution in [0, 0.1) is 5.82 Å². The molecule has 2 aliphatic heterocycles. The second-order valence-corrected chi connectivity index (χ2v) is 7.83. The van der Waals surface area contributed by atoms with Crippen molar-refractivity contribution in [2.45, 2.75) is 25.4 Å². The van der Waals surface area contributed by atoms with Gasteiger partial charge in [0.1, 0.15) is 5.82 Å². The number of rotatable bonds is 3. The minimum absolute atomic E-state index is 0.00642. The molecule has 0 radical (unpaired) electrons. The molecule has 1 aromatic carbocycles. The first-order chi connectivity index (χ1) is 10.5. The monoisotopic (exact) mass is 328 g/mol. The van der Waals surface area contributed by atoms with Gasteiger partial charge in [-0.15, -0.1) is 0 Å². The van der Waals surface area contributed by atoms with E-state index < -0.39 is 10.0 Å². The maximum absolute atomic E-state index is 13.5. The zero-order valence-electron chi connectivity index (χ0n) is 12.7. The summed E-state index contributed by atoms with van der Waals surface area (Å²) in [5, 5.41) is 0. The van der Waals surface area contributed by atoms with Crippen molar-refractivity contribution >= 4 is 21.4 Å². The number of nitrogens with zero attached hydrogens (tertiary/aromatic N) is 2. The lowest BCUT2D eigenvalue weighted by molar-refractivity contribution is 0.127. The topological polar surface area (TPSA) is 49.9 Å². The molecule has 2 aliphatic rings. The van der Waals surface area contributed by atoms with Crippen molar-refractivity contribution in [3.05, 3.63) is 24.0 Å². The van der Waals surface area contributed by atoms with E-state index in [1.165, 1.54) is 16.4 Å². The molecule has 1 saturated heterocycles. The maximum atomic E-state index is 13.5. The van der Waals surface area contributed by atoms with Crippen molar-refractivity contribution in [1.29, 1.82) is 0 Å². The highest BCUT2D eigenvalue weighted by molar-refractivity contribution is 7.92. The molecule has 0 aliphatic carbocycles. The van der Waals surface area contributed by atoms with Crippen molar-refractivity contribution in [2.75, 3.05) is 41.7 Å². The van der Waals surface area contributed by atoms with Gasteiger partial charge in [0, 0.05) is 26.7 Å². The van der Waals surface area contributed by atoms with Gasteiger partial charge in [-0.25, -0.2) is 12.8 Å². The van der Waals surface area contributed by atoms with Gasteiger partial charge in [-0.1, -0.05) is 0 Å². The Morgan fingerprint density at radius 2 is 2.09 bits per heavy atom. The number of ether oxygens (including phenoxy) is 1. The molecule has 0 amide bonds. The Balaban J connectivity index is 1.94. The largest absolute Gasteiger partial charge is 0.377 e. The fraction of sp³-hybridized carbons (Fsp3) is 0.600. The Labute approximate surface area is 130 Å². The van der Waals surface area contributed by atoms with E-state index in [1.807, 2.05) is 11.9 Å². The molecule has 0 aromatic heterocycles. The SMILES string of the molecule is CN1CCCN(S(=O)(=O)CC2CCCO2)c2ccc(F)cc21. The highest BCUT2D eigenvalue weighted by atomic mass is 32.2. The molecule has 1 atom stereocenters. The minimum atomic E-state index is -3.48. The summed E-state index contributed by atoms with van der Waals surface area (Å²) in [6.45, 7) is 1.74. The van der Waals surface area contributed by atoms with E-state index in [1.54, 1.807) is 6.07 Å². The maximum Gasteiger partial charge on any atom is 0.237 e. The molecule has 1 unspecified atom stereocenters. The second kappa shape index (κ2) is 6.04. The van der Waals surface area contributed by atoms with Crippen LogP contribution in [0.4, 0.5) is 15.8 Å². The van der Waals surface area contributed by atoms with Crippen LogP contribution in [0.1, 0.15) is 19.3 Å². The first-order valence-electron chi connectivity index (χ1n) is 7.60. The van der Waals surface area contributed by atoms with Crippen LogP contribution < -0.4 is 9.21 Å². The molecular formula is C15H21FN2O3S. The predicted molar refractivity (Wildman–Crippen MR) is 84.4 cm³/mol. The number of hydrogen-bond donors (Lipinski definition) is 0. The van der Waals surface area contributed by atoms with Gasteiger partial charge < -0.3 is 9.64 Å². The molecule has 5 nitrogen and oxygen atoms in total. The standard InChI is InChI=1S/C15H21FN2O3S/c1-17-7-3-8-18(14-6-5-12(16)10-15(14)17)22(19,20)11-13-4-2-9-21-13/h5-6,10,13H,2-4,7-9,11H2,1H3. The molecule has 0 bridgehead atoms. The summed E-state index contributed by atoms with van der Waals surface area (Å²) in [5.74, 6) is -0.364. The van der Waals surface area contributed by atoms with E-state index >= 15 is 0 Å². The molecule has 0 saturated carbocycles. The number of benzene rings is 1. The van der Waals surface area contributed by atoms with E-state index in [-0.39, 0.29) is 17.7 Å². The van der Waals surface area contributed by atoms with E-state index in [0.717, 1.165) is 12.8 Å². The van der Waals surface area contributed by atoms with Gasteiger partial charge in [0.15, 0.2) is 0 Å². The third-order valence-electron chi connectivity index (χ3n) is 4.23. The Bertz CT molecular complexity index is 644. The predicted octanol–water partition coefficient (Wildman–Crippen LogP) is 1.98. The van der Waals surface area contributed by atoms with Gasteiger partial charge in [0.2, 0.25) is 10.0 Å². The highest BCUT2D eigenvalue weighted by Crippen LogP contribution is 2.34. The first kappa shape index (κ1) is 15.6. The molecule has 7 heteroatoms. The minimum Gasteiger partial charge on any atom is -0.377 e. The average Bonchev–Trinajstić information content (AvgIpc) is 2.89. The lowest BCUT2D eigenvalue weighted by Crippen LogP contribution is -2.37. The van der Waals surface area contributed by atoms with E-state index in [9.17, 15) is 12.8 Å². The summed E-state index contributed by atoms with van der Waals surface area (Å²) in [7, 11) is -1.62. The first-order valence-corrected chi connectivity index (χ1v) is 9.21. The number of fused-ring (bicyclic) bond motifs is 1. The van der Waals surface area contributed by atoms with Crippen LogP contribution in [-0.4, -0.2) is 47.0 Å². The lowest BCUT2D eigenvalue weighted by Gasteiger charge is -2.26. The van der Waals surface area contributed by atoms with Crippen LogP contribution in [0.15, 0.2) is 18.2 Å². The second-order valence-electron chi connectivity index (χ2n) is 5.89. The summed E-state index contributed by atoms with van der Waals surface area (Å²) < 4.78 is 46.0. The van der Waals surface area contributed by atoms with Crippen LogP contribution in [0.2, 0.25) is 0 Å². The van der Waals surface area contributed by atoms with Crippen molar-refractivity contribution in [1.82, 2.24) is 0 Å². The summed E-state index contributed by atoms with van der Waals surface area (Å²) >= 11 is 0. The molecule has 3 rings (SSSR count). The summed E-state index contributed by atoms with van der Waals surface area (Å²) in [5.41, 5.74) is 1.17. The molecule has 2 heterocycles. The van der Waals surface area contributed by atoms with Crippen LogP contribution in [0.3, 0.4) is 0 Å². The van der Waals surface area contributed by atoms with E-state index in [0.29, 0.717) is 37.5 Å². The van der Waals surface area contributed by atoms with Gasteiger partial charge in [-0.3, -0.25) is 4.31 Å². The number of halogens is 1. The average molecular weight is 328 g/mol. The molecule has 1 fully saturated rings. The van der Waals surface area contributed by atoms with Gasteiger partial charge in [-0.05, 0) is 37.5 Å². The number of sulfonamides is 1. The van der Waals surface area contributed by atoms with Crippen LogP contribution >= 0.6 is 0 Å². The van der Waals surface area contributed by atoms with Gasteiger partial charge >= 0.3 is 0 Å². The fourth-order valence-corrected chi connectivity index (χ4v) is 4.87. The lowest BCUT2D eigenvalue weighted by atomic mass is 10.2. The molecule has 122 valence electrons. The molecule has 0 spiro atoms. The summed E-state index contributed by atoms with van der Waals surface area (Å²) in [4.78, 5) is 1.90. The Hall–Kier alpha value is -1.34. The molecule has 0 N–H and O–H groups in total. The van der Waals surface area contributed by atoms with Crippen molar-refractivity contribution in [3.63, 3.8) is 0 Å². The zero-order valence-corrected chi connectivity index (χ0v) is 13.5. The van der Waals surface area contributed by atoms with Crippen LogP contribution in [-0.2, 0) is 14.8 Å². The Kier molecular flexibility index (Phi) is 4.27. The summed E-state index contributed by atoms with van der Waals surface area (Å²) in [6, 6.07) is 4.27. The van der Waals surface area contributed by atoms with E-state index in [2.05, 4.69) is 0 Å². The van der Waals surface area contributed by atoms with Gasteiger partial charge in [0.05, 0.1) is 23.2 Å². The number of hydrogen-bond acceptors (Lipinski definition) is 4. The van der Waals surface area contributed by atoms with Crippen molar-refractivity contribution in [2.24, 2.45) is 0 Å². The Morgan fingerprint density at radius 1 is 1.27 bits per heavy atom. The molecule has 22 heavy (non-hydrogen) atoms. The van der Waals surface area contributed by atoms with E-state index in [4.69, 9.17) is 4.74 Å². The summed E-state index contributed by atoms with van der Waals surface area (Å²) in [6.07, 6.45) is 2.17. The zero-order chi connectivity index (χ0) is 15.7. The smallest absolute Gasteiger partial charge is 0.237 e. The molecular weight excluding hydrogens is 307 g/mol. The van der Waals surface area contributed by atoms with Crippen LogP contribution in [0.5, 0.6) is 0 Å². The highest BCUT2D eigenvalue weighted by Gasteiger charge is 2.32. The normalized spacial score (nSPS) is 22.5. The third-order valence-corrected chi connectivity index (χ3v) is 6.07. The van der Waals surface area contributed by atoms with Gasteiger partial charge in [-0.2, -0.15) is 0 Å². The third kappa shape index (κ3) is 3.05. The number of anilines is 2. The quantitative estimate of drug-likeness (QED) is 0.851. The molecule has 1 aromatic rings. The van der Waals surface area contributed by atoms with Crippen LogP contribution in [0.25, 0.3) is 0 Å². The fourth-order valence-electron chi connectivity index (χ4n) is 3.10. The van der Waals surface area contributed by atoms with Crippen molar-refractivity contribution in [3.8, 4) is 0 Å². The van der Waals surface area contributed by atoms with Gasteiger partial charge in [0.25, 0.3) is 0 Å².